The van der Waals surface area contributed by atoms with Gasteiger partial charge in [0, 0.05) is 61.8 Å². The van der Waals surface area contributed by atoms with E-state index in [0.717, 1.165) is 96.3 Å². The van der Waals surface area contributed by atoms with Crippen LogP contribution in [0.3, 0.4) is 0 Å². The number of para-hydroxylation sites is 1. The summed E-state index contributed by atoms with van der Waals surface area (Å²) in [6.45, 7) is 6.37. The van der Waals surface area contributed by atoms with Gasteiger partial charge in [-0.15, -0.1) is 0 Å². The van der Waals surface area contributed by atoms with E-state index < -0.39 is 11.9 Å². The number of carbonyl (C=O) groups excluding carboxylic acids is 3. The summed E-state index contributed by atoms with van der Waals surface area (Å²) in [7, 11) is 1.92. The molecule has 0 aliphatic carbocycles. The highest BCUT2D eigenvalue weighted by molar-refractivity contribution is 7.22. The van der Waals surface area contributed by atoms with E-state index in [1.807, 2.05) is 77.3 Å². The number of benzene rings is 4. The fourth-order valence-corrected chi connectivity index (χ4v) is 11.9. The van der Waals surface area contributed by atoms with E-state index in [1.54, 1.807) is 6.07 Å². The molecule has 7 aromatic rings. The van der Waals surface area contributed by atoms with E-state index in [4.69, 9.17) is 9.84 Å². The van der Waals surface area contributed by atoms with E-state index in [9.17, 15) is 24.3 Å². The second-order valence-electron chi connectivity index (χ2n) is 19.4. The Kier molecular flexibility index (Phi) is 13.0. The van der Waals surface area contributed by atoms with Crippen LogP contribution in [-0.4, -0.2) is 92.7 Å². The minimum Gasteiger partial charge on any atom is -0.489 e. The third kappa shape index (κ3) is 9.82. The molecular formula is C55H57N9O6S. The van der Waals surface area contributed by atoms with Crippen molar-refractivity contribution in [2.75, 3.05) is 54.4 Å². The number of likely N-dealkylation sites (tertiary alicyclic amines) is 1. The van der Waals surface area contributed by atoms with Crippen molar-refractivity contribution in [2.24, 2.45) is 13.0 Å². The maximum absolute atomic E-state index is 13.6. The number of rotatable bonds is 13. The number of aromatic nitrogens is 4. The van der Waals surface area contributed by atoms with Crippen LogP contribution in [0.2, 0.25) is 0 Å². The number of thiazole rings is 1. The quantitative estimate of drug-likeness (QED) is 0.0940. The first kappa shape index (κ1) is 46.2. The lowest BCUT2D eigenvalue weighted by atomic mass is 9.88. The largest absolute Gasteiger partial charge is 0.489 e. The number of aryl methyl sites for hydroxylation is 1. The molecule has 71 heavy (non-hydrogen) atoms. The Morgan fingerprint density at radius 1 is 0.845 bits per heavy atom. The fraction of sp³-hybridized carbons (Fsp3) is 0.364. The monoisotopic (exact) mass is 971 g/mol. The Hall–Kier alpha value is -7.17. The van der Waals surface area contributed by atoms with E-state index in [0.29, 0.717) is 72.0 Å². The maximum atomic E-state index is 13.6. The number of ether oxygens (including phenoxy) is 1. The highest BCUT2D eigenvalue weighted by atomic mass is 32.1. The molecule has 3 N–H and O–H groups in total. The second kappa shape index (κ2) is 19.9. The first-order valence-electron chi connectivity index (χ1n) is 24.9. The van der Waals surface area contributed by atoms with Gasteiger partial charge in [0.25, 0.3) is 5.91 Å². The molecule has 3 fully saturated rings. The Morgan fingerprint density at radius 3 is 2.49 bits per heavy atom. The van der Waals surface area contributed by atoms with Gasteiger partial charge in [0.2, 0.25) is 11.8 Å². The molecule has 0 bridgehead atoms. The summed E-state index contributed by atoms with van der Waals surface area (Å²) < 4.78 is 9.13. The van der Waals surface area contributed by atoms with Crippen LogP contribution in [0, 0.1) is 5.92 Å². The Morgan fingerprint density at radius 2 is 1.68 bits per heavy atom. The van der Waals surface area contributed by atoms with Crippen LogP contribution in [0.4, 0.5) is 16.6 Å². The van der Waals surface area contributed by atoms with Crippen molar-refractivity contribution in [3.05, 3.63) is 136 Å². The molecule has 3 saturated heterocycles. The molecule has 4 aliphatic heterocycles. The van der Waals surface area contributed by atoms with Crippen molar-refractivity contribution in [3.8, 4) is 5.75 Å². The van der Waals surface area contributed by atoms with E-state index in [2.05, 4.69) is 60.7 Å². The molecular weight excluding hydrogens is 915 g/mol. The summed E-state index contributed by atoms with van der Waals surface area (Å²) >= 11 is 1.44. The third-order valence-electron chi connectivity index (χ3n) is 15.1. The fourth-order valence-electron chi connectivity index (χ4n) is 11.1. The van der Waals surface area contributed by atoms with Crippen molar-refractivity contribution in [1.29, 1.82) is 0 Å². The minimum absolute atomic E-state index is 0.0460. The number of imide groups is 1. The number of hydrogen-bond acceptors (Lipinski definition) is 12. The highest BCUT2D eigenvalue weighted by Crippen LogP contribution is 2.36. The number of aromatic carboxylic acids is 1. The molecule has 4 aromatic carbocycles. The molecule has 0 radical (unpaired) electrons. The molecule has 4 aliphatic rings. The molecule has 11 rings (SSSR count). The van der Waals surface area contributed by atoms with Crippen LogP contribution in [0.15, 0.2) is 97.1 Å². The molecule has 364 valence electrons. The number of carbonyl (C=O) groups is 4. The summed E-state index contributed by atoms with van der Waals surface area (Å²) in [5.74, 6) is 0.142. The van der Waals surface area contributed by atoms with Gasteiger partial charge in [-0.1, -0.05) is 47.7 Å². The topological polar surface area (TPSA) is 175 Å². The number of anilines is 3. The van der Waals surface area contributed by atoms with Gasteiger partial charge in [0.05, 0.1) is 27.3 Å². The van der Waals surface area contributed by atoms with Crippen LogP contribution in [0.1, 0.15) is 106 Å². The van der Waals surface area contributed by atoms with Gasteiger partial charge in [0.15, 0.2) is 10.8 Å². The lowest BCUT2D eigenvalue weighted by Gasteiger charge is -2.36. The van der Waals surface area contributed by atoms with Crippen molar-refractivity contribution in [2.45, 2.75) is 76.4 Å². The first-order valence-corrected chi connectivity index (χ1v) is 25.7. The Balaban J connectivity index is 0.652. The normalized spacial score (nSPS) is 18.2. The van der Waals surface area contributed by atoms with Gasteiger partial charge in [-0.25, -0.2) is 14.8 Å². The van der Waals surface area contributed by atoms with Crippen molar-refractivity contribution < 1.29 is 29.0 Å². The zero-order valence-electron chi connectivity index (χ0n) is 39.8. The molecule has 0 saturated carbocycles. The molecule has 16 heteroatoms. The van der Waals surface area contributed by atoms with Crippen LogP contribution < -0.4 is 25.2 Å². The average molecular weight is 972 g/mol. The molecule has 15 nitrogen and oxygen atoms in total. The average Bonchev–Trinajstić information content (AvgIpc) is 3.96. The lowest BCUT2D eigenvalue weighted by molar-refractivity contribution is -0.134. The number of carboxylic acid groups (broad SMARTS) is 1. The zero-order valence-corrected chi connectivity index (χ0v) is 40.6. The number of pyridine rings is 1. The number of nitrogens with one attached hydrogen (secondary N) is 2. The van der Waals surface area contributed by atoms with Crippen molar-refractivity contribution >= 4 is 72.8 Å². The summed E-state index contributed by atoms with van der Waals surface area (Å²) in [6, 6.07) is 31.9. The molecule has 1 unspecified atom stereocenters. The molecule has 7 heterocycles. The number of amides is 3. The molecule has 3 amide bonds. The molecule has 0 spiro atoms. The maximum Gasteiger partial charge on any atom is 0.354 e. The number of hydrogen-bond donors (Lipinski definition) is 3. The lowest BCUT2D eigenvalue weighted by Crippen LogP contribution is -2.39. The molecule has 1 atom stereocenters. The summed E-state index contributed by atoms with van der Waals surface area (Å²) in [5.41, 5.74) is 8.01. The number of carboxylic acids is 1. The van der Waals surface area contributed by atoms with E-state index in [-0.39, 0.29) is 30.0 Å². The smallest absolute Gasteiger partial charge is 0.354 e. The van der Waals surface area contributed by atoms with Crippen molar-refractivity contribution in [3.63, 3.8) is 0 Å². The summed E-state index contributed by atoms with van der Waals surface area (Å²) in [4.78, 5) is 66.9. The molecule has 3 aromatic heterocycles. The van der Waals surface area contributed by atoms with Gasteiger partial charge in [-0.05, 0) is 154 Å². The van der Waals surface area contributed by atoms with Gasteiger partial charge < -0.3 is 24.5 Å². The van der Waals surface area contributed by atoms with Gasteiger partial charge in [-0.3, -0.25) is 29.7 Å². The highest BCUT2D eigenvalue weighted by Gasteiger charge is 2.32. The number of nitrogens with zero attached hydrogens (tertiary/aromatic N) is 7. The van der Waals surface area contributed by atoms with Crippen LogP contribution in [0.5, 0.6) is 5.75 Å². The number of piperidine rings is 3. The predicted octanol–water partition coefficient (Wildman–Crippen LogP) is 8.68. The second-order valence-corrected chi connectivity index (χ2v) is 20.5. The Bertz CT molecular complexity index is 3140. The summed E-state index contributed by atoms with van der Waals surface area (Å²) in [5, 5.41) is 22.0. The third-order valence-corrected chi connectivity index (χ3v) is 16.1. The van der Waals surface area contributed by atoms with Gasteiger partial charge in [-0.2, -0.15) is 5.10 Å². The SMILES string of the molecule is Cn1nc(C2CCC(=O)NC2=O)c2ccc(N3CCC(CCN4CCC(c5cccc(OCc6ccc(N7CCc8cccc(C(=O)Nc9nc%10ccccc%10s9)c8C7)nc6C(=O)O)c5)CC4)CC3)cc21. The summed E-state index contributed by atoms with van der Waals surface area (Å²) in [6.07, 6.45) is 7.18. The van der Waals surface area contributed by atoms with Gasteiger partial charge >= 0.3 is 5.97 Å². The first-order chi connectivity index (χ1) is 34.6. The van der Waals surface area contributed by atoms with E-state index >= 15 is 0 Å². The predicted molar refractivity (Wildman–Crippen MR) is 275 cm³/mol. The van der Waals surface area contributed by atoms with Crippen molar-refractivity contribution in [1.82, 2.24) is 30.0 Å². The van der Waals surface area contributed by atoms with E-state index in [1.165, 1.54) is 29.0 Å². The van der Waals surface area contributed by atoms with Gasteiger partial charge in [0.1, 0.15) is 18.2 Å². The standard InChI is InChI=1S/C55H57N9O6S/c1-61-46-31-39(13-14-42(46)51(60-61)43-15-17-49(65)58-53(43)67)63-27-19-34(20-28-63)18-24-62-25-21-35(22-26-62)37-7-4-8-40(30-37)70-33-38-12-16-48(57-50(38)54(68)69)64-29-23-36-6-5-9-41(44(36)32-64)52(66)59-55-56-45-10-2-3-11-47(45)71-55/h2-14,16,30-31,34-35,43H,15,17-29,32-33H2,1H3,(H,68,69)(H,56,59,66)(H,58,65,67). The Labute approximate surface area is 415 Å². The van der Waals surface area contributed by atoms with Crippen LogP contribution >= 0.6 is 11.3 Å². The van der Waals surface area contributed by atoms with Crippen LogP contribution in [0.25, 0.3) is 21.1 Å². The van der Waals surface area contributed by atoms with Crippen LogP contribution in [-0.2, 0) is 36.2 Å². The number of fused-ring (bicyclic) bond motifs is 3. The zero-order chi connectivity index (χ0) is 48.6. The minimum atomic E-state index is -1.12.